The summed E-state index contributed by atoms with van der Waals surface area (Å²) in [5, 5.41) is 11.9. The summed E-state index contributed by atoms with van der Waals surface area (Å²) in [7, 11) is 0. The monoisotopic (exact) mass is 200 g/mol. The average Bonchev–Trinajstić information content (AvgIpc) is 2.62. The third kappa shape index (κ3) is 2.67. The van der Waals surface area contributed by atoms with Gasteiger partial charge in [0, 0.05) is 18.5 Å². The molecule has 0 saturated carbocycles. The van der Waals surface area contributed by atoms with E-state index in [9.17, 15) is 0 Å². The van der Waals surface area contributed by atoms with Crippen LogP contribution in [0.5, 0.6) is 0 Å². The van der Waals surface area contributed by atoms with Gasteiger partial charge in [0.2, 0.25) is 0 Å². The fourth-order valence-corrected chi connectivity index (χ4v) is 2.11. The van der Waals surface area contributed by atoms with Crippen molar-refractivity contribution in [2.75, 3.05) is 24.6 Å². The lowest BCUT2D eigenvalue weighted by molar-refractivity contribution is 0.302. The molecule has 74 valence electrons. The van der Waals surface area contributed by atoms with Crippen molar-refractivity contribution in [3.05, 3.63) is 11.1 Å². The minimum Gasteiger partial charge on any atom is -0.395 e. The SMILES string of the molecule is CCc1csc(N(CC)CCO)n1. The maximum Gasteiger partial charge on any atom is 0.185 e. The van der Waals surface area contributed by atoms with Crippen LogP contribution in [0.1, 0.15) is 19.5 Å². The van der Waals surface area contributed by atoms with Crippen molar-refractivity contribution in [2.45, 2.75) is 20.3 Å². The molecule has 1 N–H and O–H groups in total. The number of aliphatic hydroxyl groups excluding tert-OH is 1. The molecule has 0 aliphatic heterocycles. The van der Waals surface area contributed by atoms with E-state index in [0.29, 0.717) is 6.54 Å². The second-order valence-corrected chi connectivity index (χ2v) is 3.61. The molecule has 1 aromatic heterocycles. The van der Waals surface area contributed by atoms with Crippen molar-refractivity contribution in [1.82, 2.24) is 4.98 Å². The third-order valence-corrected chi connectivity index (χ3v) is 2.87. The molecule has 4 heteroatoms. The van der Waals surface area contributed by atoms with E-state index in [1.165, 1.54) is 0 Å². The highest BCUT2D eigenvalue weighted by atomic mass is 32.1. The van der Waals surface area contributed by atoms with E-state index in [1.807, 2.05) is 0 Å². The Morgan fingerprint density at radius 2 is 2.31 bits per heavy atom. The summed E-state index contributed by atoms with van der Waals surface area (Å²) >= 11 is 1.65. The first-order chi connectivity index (χ1) is 6.31. The number of hydrogen-bond acceptors (Lipinski definition) is 4. The second kappa shape index (κ2) is 5.19. The fourth-order valence-electron chi connectivity index (χ4n) is 1.11. The predicted molar refractivity (Wildman–Crippen MR) is 56.5 cm³/mol. The van der Waals surface area contributed by atoms with Crippen LogP contribution in [0, 0.1) is 0 Å². The van der Waals surface area contributed by atoms with E-state index in [0.717, 1.165) is 23.8 Å². The van der Waals surface area contributed by atoms with Crippen LogP contribution in [0.3, 0.4) is 0 Å². The van der Waals surface area contributed by atoms with E-state index >= 15 is 0 Å². The molecule has 13 heavy (non-hydrogen) atoms. The molecule has 1 aromatic rings. The minimum atomic E-state index is 0.189. The molecule has 1 rings (SSSR count). The summed E-state index contributed by atoms with van der Waals surface area (Å²) < 4.78 is 0. The number of thiazole rings is 1. The van der Waals surface area contributed by atoms with E-state index in [2.05, 4.69) is 29.1 Å². The molecule has 0 atom stereocenters. The molecule has 0 fully saturated rings. The molecular formula is C9H16N2OS. The van der Waals surface area contributed by atoms with Crippen molar-refractivity contribution in [1.29, 1.82) is 0 Å². The topological polar surface area (TPSA) is 36.4 Å². The predicted octanol–water partition coefficient (Wildman–Crippen LogP) is 1.52. The number of likely N-dealkylation sites (N-methyl/N-ethyl adjacent to an activating group) is 1. The van der Waals surface area contributed by atoms with Crippen LogP contribution >= 0.6 is 11.3 Å². The van der Waals surface area contributed by atoms with Gasteiger partial charge in [-0.15, -0.1) is 11.3 Å². The highest BCUT2D eigenvalue weighted by Crippen LogP contribution is 2.20. The van der Waals surface area contributed by atoms with Crippen molar-refractivity contribution >= 4 is 16.5 Å². The van der Waals surface area contributed by atoms with Gasteiger partial charge in [-0.1, -0.05) is 6.92 Å². The van der Waals surface area contributed by atoms with Gasteiger partial charge in [-0.2, -0.15) is 0 Å². The van der Waals surface area contributed by atoms with Gasteiger partial charge < -0.3 is 10.0 Å². The van der Waals surface area contributed by atoms with E-state index in [1.54, 1.807) is 11.3 Å². The summed E-state index contributed by atoms with van der Waals surface area (Å²) in [5.74, 6) is 0. The standard InChI is InChI=1S/C9H16N2OS/c1-3-8-7-13-9(10-8)11(4-2)5-6-12/h7,12H,3-6H2,1-2H3. The molecular weight excluding hydrogens is 184 g/mol. The lowest BCUT2D eigenvalue weighted by Gasteiger charge is -2.17. The Kier molecular flexibility index (Phi) is 4.18. The zero-order chi connectivity index (χ0) is 9.68. The summed E-state index contributed by atoms with van der Waals surface area (Å²) in [6.45, 7) is 5.93. The second-order valence-electron chi connectivity index (χ2n) is 2.78. The molecule has 0 radical (unpaired) electrons. The molecule has 0 aliphatic rings. The largest absolute Gasteiger partial charge is 0.395 e. The highest BCUT2D eigenvalue weighted by molar-refractivity contribution is 7.13. The first-order valence-electron chi connectivity index (χ1n) is 4.62. The Morgan fingerprint density at radius 1 is 1.54 bits per heavy atom. The van der Waals surface area contributed by atoms with Crippen LogP contribution in [0.25, 0.3) is 0 Å². The normalized spacial score (nSPS) is 10.4. The number of aryl methyl sites for hydroxylation is 1. The lowest BCUT2D eigenvalue weighted by Crippen LogP contribution is -2.25. The van der Waals surface area contributed by atoms with Crippen molar-refractivity contribution in [3.63, 3.8) is 0 Å². The van der Waals surface area contributed by atoms with Crippen molar-refractivity contribution in [3.8, 4) is 0 Å². The number of anilines is 1. The molecule has 1 heterocycles. The number of aliphatic hydroxyl groups is 1. The maximum atomic E-state index is 8.83. The number of aromatic nitrogens is 1. The van der Waals surface area contributed by atoms with Gasteiger partial charge in [-0.3, -0.25) is 0 Å². The lowest BCUT2D eigenvalue weighted by atomic mass is 10.4. The van der Waals surface area contributed by atoms with Gasteiger partial charge >= 0.3 is 0 Å². The summed E-state index contributed by atoms with van der Waals surface area (Å²) in [5.41, 5.74) is 1.14. The average molecular weight is 200 g/mol. The van der Waals surface area contributed by atoms with E-state index < -0.39 is 0 Å². The Hall–Kier alpha value is -0.610. The fraction of sp³-hybridized carbons (Fsp3) is 0.667. The van der Waals surface area contributed by atoms with Gasteiger partial charge in [-0.05, 0) is 13.3 Å². The Morgan fingerprint density at radius 3 is 2.77 bits per heavy atom. The number of hydrogen-bond donors (Lipinski definition) is 1. The van der Waals surface area contributed by atoms with Gasteiger partial charge in [0.25, 0.3) is 0 Å². The molecule has 0 unspecified atom stereocenters. The molecule has 0 saturated heterocycles. The summed E-state index contributed by atoms with van der Waals surface area (Å²) in [4.78, 5) is 6.54. The van der Waals surface area contributed by atoms with Crippen LogP contribution in [0.15, 0.2) is 5.38 Å². The van der Waals surface area contributed by atoms with Gasteiger partial charge in [0.05, 0.1) is 12.3 Å². The maximum absolute atomic E-state index is 8.83. The number of nitrogens with zero attached hydrogens (tertiary/aromatic N) is 2. The quantitative estimate of drug-likeness (QED) is 0.783. The van der Waals surface area contributed by atoms with E-state index in [4.69, 9.17) is 5.11 Å². The van der Waals surface area contributed by atoms with Crippen LogP contribution in [-0.2, 0) is 6.42 Å². The van der Waals surface area contributed by atoms with Gasteiger partial charge in [0.1, 0.15) is 0 Å². The molecule has 0 aliphatic carbocycles. The van der Waals surface area contributed by atoms with Crippen LogP contribution in [-0.4, -0.2) is 29.8 Å². The smallest absolute Gasteiger partial charge is 0.185 e. The van der Waals surface area contributed by atoms with Crippen LogP contribution < -0.4 is 4.90 Å². The zero-order valence-electron chi connectivity index (χ0n) is 8.16. The number of rotatable bonds is 5. The first kappa shape index (κ1) is 10.5. The Labute approximate surface area is 83.0 Å². The molecule has 0 bridgehead atoms. The van der Waals surface area contributed by atoms with Crippen molar-refractivity contribution < 1.29 is 5.11 Å². The molecule has 0 aromatic carbocycles. The summed E-state index contributed by atoms with van der Waals surface area (Å²) in [6.07, 6.45) is 0.979. The molecule has 3 nitrogen and oxygen atoms in total. The van der Waals surface area contributed by atoms with E-state index in [-0.39, 0.29) is 6.61 Å². The molecule has 0 amide bonds. The molecule has 0 spiro atoms. The van der Waals surface area contributed by atoms with Gasteiger partial charge in [-0.25, -0.2) is 4.98 Å². The minimum absolute atomic E-state index is 0.189. The zero-order valence-corrected chi connectivity index (χ0v) is 8.97. The van der Waals surface area contributed by atoms with Crippen LogP contribution in [0.2, 0.25) is 0 Å². The first-order valence-corrected chi connectivity index (χ1v) is 5.50. The Bertz CT molecular complexity index is 250. The summed E-state index contributed by atoms with van der Waals surface area (Å²) in [6, 6.07) is 0. The van der Waals surface area contributed by atoms with Gasteiger partial charge in [0.15, 0.2) is 5.13 Å². The van der Waals surface area contributed by atoms with Crippen LogP contribution in [0.4, 0.5) is 5.13 Å². The Balaban J connectivity index is 2.67. The highest BCUT2D eigenvalue weighted by Gasteiger charge is 2.07. The third-order valence-electron chi connectivity index (χ3n) is 1.92. The van der Waals surface area contributed by atoms with Crippen molar-refractivity contribution in [2.24, 2.45) is 0 Å².